The van der Waals surface area contributed by atoms with Crippen LogP contribution in [0.5, 0.6) is 28.7 Å². The quantitative estimate of drug-likeness (QED) is 0.105. The molecule has 0 aliphatic heterocycles. The number of carbonyl (C=O) groups is 2. The van der Waals surface area contributed by atoms with E-state index in [9.17, 15) is 19.8 Å². The van der Waals surface area contributed by atoms with Crippen LogP contribution in [-0.4, -0.2) is 49.9 Å². The molecule has 4 N–H and O–H groups in total. The van der Waals surface area contributed by atoms with Crippen molar-refractivity contribution >= 4 is 29.2 Å². The molecule has 0 saturated heterocycles. The molecule has 3 rings (SSSR count). The van der Waals surface area contributed by atoms with Gasteiger partial charge >= 0.3 is 0 Å². The molecular weight excluding hydrogens is 500 g/mol. The normalized spacial score (nSPS) is 11.0. The fourth-order valence-corrected chi connectivity index (χ4v) is 3.95. The number of phenols is 2. The summed E-state index contributed by atoms with van der Waals surface area (Å²) in [6.45, 7) is 0.421. The number of amides is 2. The van der Waals surface area contributed by atoms with Gasteiger partial charge in [-0.3, -0.25) is 9.59 Å². The van der Waals surface area contributed by atoms with Crippen molar-refractivity contribution in [1.29, 1.82) is 0 Å². The average Bonchev–Trinajstić information content (AvgIpc) is 2.94. The zero-order valence-electron chi connectivity index (χ0n) is 22.3. The summed E-state index contributed by atoms with van der Waals surface area (Å²) in [5, 5.41) is 25.1. The first-order valence-electron chi connectivity index (χ1n) is 12.5. The first kappa shape index (κ1) is 28.9. The van der Waals surface area contributed by atoms with E-state index >= 15 is 0 Å². The van der Waals surface area contributed by atoms with Crippen LogP contribution in [0.25, 0.3) is 11.6 Å². The standard InChI is InChI=1S/C30H34N2O7/c1-37-26-18-20(19-27(38-2)29(26)39-3)17-23(21-12-14-22(33)15-13-21)30(36)31-16-8-4-5-11-28(35)32-24-9-6-7-10-25(24)34/h6-7,9-10,12-15,17-19,33-34H,4-5,8,11,16H2,1-3H3,(H,31,36)(H,32,35). The molecule has 0 radical (unpaired) electrons. The third kappa shape index (κ3) is 8.16. The highest BCUT2D eigenvalue weighted by atomic mass is 16.5. The predicted octanol–water partition coefficient (Wildman–Crippen LogP) is 4.98. The van der Waals surface area contributed by atoms with Crippen molar-refractivity contribution in [3.63, 3.8) is 0 Å². The number of methoxy groups -OCH3 is 3. The number of ether oxygens (including phenoxy) is 3. The third-order valence-electron chi connectivity index (χ3n) is 5.97. The van der Waals surface area contributed by atoms with Crippen LogP contribution in [0.2, 0.25) is 0 Å². The van der Waals surface area contributed by atoms with Crippen LogP contribution >= 0.6 is 0 Å². The van der Waals surface area contributed by atoms with Gasteiger partial charge in [-0.25, -0.2) is 0 Å². The van der Waals surface area contributed by atoms with Gasteiger partial charge in [0, 0.05) is 18.5 Å². The molecule has 9 heteroatoms. The number of aromatic hydroxyl groups is 2. The lowest BCUT2D eigenvalue weighted by molar-refractivity contribution is -0.117. The van der Waals surface area contributed by atoms with E-state index in [-0.39, 0.29) is 23.3 Å². The predicted molar refractivity (Wildman–Crippen MR) is 150 cm³/mol. The molecule has 0 bridgehead atoms. The van der Waals surface area contributed by atoms with Gasteiger partial charge in [0.25, 0.3) is 5.91 Å². The molecule has 0 unspecified atom stereocenters. The Morgan fingerprint density at radius 1 is 0.846 bits per heavy atom. The summed E-state index contributed by atoms with van der Waals surface area (Å²) in [6, 6.07) is 16.4. The van der Waals surface area contributed by atoms with Crippen molar-refractivity contribution in [2.45, 2.75) is 25.7 Å². The number of benzene rings is 3. The van der Waals surface area contributed by atoms with Gasteiger partial charge in [0.1, 0.15) is 11.5 Å². The van der Waals surface area contributed by atoms with E-state index in [1.165, 1.54) is 39.5 Å². The van der Waals surface area contributed by atoms with Crippen LogP contribution in [0.1, 0.15) is 36.8 Å². The lowest BCUT2D eigenvalue weighted by Gasteiger charge is -2.14. The number of rotatable bonds is 13. The summed E-state index contributed by atoms with van der Waals surface area (Å²) in [7, 11) is 4.56. The summed E-state index contributed by atoms with van der Waals surface area (Å²) in [6.07, 6.45) is 4.08. The van der Waals surface area contributed by atoms with E-state index in [2.05, 4.69) is 10.6 Å². The molecule has 2 amide bonds. The van der Waals surface area contributed by atoms with E-state index in [4.69, 9.17) is 14.2 Å². The maximum absolute atomic E-state index is 13.2. The van der Waals surface area contributed by atoms with Crippen molar-refractivity contribution in [3.05, 3.63) is 71.8 Å². The highest BCUT2D eigenvalue weighted by molar-refractivity contribution is 6.24. The molecule has 3 aromatic carbocycles. The van der Waals surface area contributed by atoms with E-state index < -0.39 is 0 Å². The summed E-state index contributed by atoms with van der Waals surface area (Å²) in [5.74, 6) is 1.02. The number of anilines is 1. The van der Waals surface area contributed by atoms with Crippen molar-refractivity contribution < 1.29 is 34.0 Å². The van der Waals surface area contributed by atoms with Gasteiger partial charge in [-0.2, -0.15) is 0 Å². The van der Waals surface area contributed by atoms with Crippen molar-refractivity contribution in [3.8, 4) is 28.7 Å². The van der Waals surface area contributed by atoms with Crippen molar-refractivity contribution in [1.82, 2.24) is 5.32 Å². The SMILES string of the molecule is COc1cc(C=C(C(=O)NCCCCCC(=O)Nc2ccccc2O)c2ccc(O)cc2)cc(OC)c1OC. The number of hydrogen-bond donors (Lipinski definition) is 4. The minimum Gasteiger partial charge on any atom is -0.508 e. The Bertz CT molecular complexity index is 1280. The van der Waals surface area contributed by atoms with Crippen LogP contribution in [0, 0.1) is 0 Å². The average molecular weight is 535 g/mol. The van der Waals surface area contributed by atoms with E-state index in [1.807, 2.05) is 0 Å². The second-order valence-corrected chi connectivity index (χ2v) is 8.70. The monoisotopic (exact) mass is 534 g/mol. The van der Waals surface area contributed by atoms with Gasteiger partial charge in [0.2, 0.25) is 11.7 Å². The summed E-state index contributed by atoms with van der Waals surface area (Å²) >= 11 is 0. The maximum atomic E-state index is 13.2. The van der Waals surface area contributed by atoms with Gasteiger partial charge in [-0.15, -0.1) is 0 Å². The van der Waals surface area contributed by atoms with Gasteiger partial charge in [0.15, 0.2) is 11.5 Å². The van der Waals surface area contributed by atoms with Crippen molar-refractivity contribution in [2.24, 2.45) is 0 Å². The zero-order valence-corrected chi connectivity index (χ0v) is 22.3. The Hall–Kier alpha value is -4.66. The van der Waals surface area contributed by atoms with Gasteiger partial charge < -0.3 is 35.1 Å². The van der Waals surface area contributed by atoms with Crippen LogP contribution < -0.4 is 24.8 Å². The molecule has 9 nitrogen and oxygen atoms in total. The topological polar surface area (TPSA) is 126 Å². The lowest BCUT2D eigenvalue weighted by Crippen LogP contribution is -2.25. The lowest BCUT2D eigenvalue weighted by atomic mass is 10.0. The fourth-order valence-electron chi connectivity index (χ4n) is 3.95. The Kier molecular flexibility index (Phi) is 10.6. The highest BCUT2D eigenvalue weighted by Crippen LogP contribution is 2.39. The largest absolute Gasteiger partial charge is 0.508 e. The minimum absolute atomic E-state index is 0.0255. The summed E-state index contributed by atoms with van der Waals surface area (Å²) < 4.78 is 16.2. The summed E-state index contributed by atoms with van der Waals surface area (Å²) in [4.78, 5) is 25.4. The molecule has 0 spiro atoms. The van der Waals surface area contributed by atoms with E-state index in [0.29, 0.717) is 65.4 Å². The Balaban J connectivity index is 1.63. The third-order valence-corrected chi connectivity index (χ3v) is 5.97. The van der Waals surface area contributed by atoms with Gasteiger partial charge in [0.05, 0.1) is 27.0 Å². The molecular formula is C30H34N2O7. The van der Waals surface area contributed by atoms with Crippen LogP contribution in [0.3, 0.4) is 0 Å². The zero-order chi connectivity index (χ0) is 28.2. The second-order valence-electron chi connectivity index (χ2n) is 8.70. The first-order chi connectivity index (χ1) is 18.9. The molecule has 3 aromatic rings. The number of nitrogens with one attached hydrogen (secondary N) is 2. The first-order valence-corrected chi connectivity index (χ1v) is 12.5. The number of para-hydroxylation sites is 2. The summed E-state index contributed by atoms with van der Waals surface area (Å²) in [5.41, 5.74) is 2.07. The molecule has 0 aromatic heterocycles. The van der Waals surface area contributed by atoms with E-state index in [1.54, 1.807) is 48.5 Å². The van der Waals surface area contributed by atoms with E-state index in [0.717, 1.165) is 6.42 Å². The van der Waals surface area contributed by atoms with Gasteiger partial charge in [-0.05, 0) is 66.4 Å². The molecule has 39 heavy (non-hydrogen) atoms. The molecule has 0 heterocycles. The Morgan fingerprint density at radius 3 is 2.13 bits per heavy atom. The molecule has 0 aliphatic carbocycles. The minimum atomic E-state index is -0.285. The number of carbonyl (C=O) groups excluding carboxylic acids is 2. The molecule has 0 aliphatic rings. The Labute approximate surface area is 228 Å². The molecule has 0 fully saturated rings. The molecule has 0 saturated carbocycles. The highest BCUT2D eigenvalue weighted by Gasteiger charge is 2.16. The van der Waals surface area contributed by atoms with Gasteiger partial charge in [-0.1, -0.05) is 30.7 Å². The van der Waals surface area contributed by atoms with Crippen LogP contribution in [0.4, 0.5) is 5.69 Å². The Morgan fingerprint density at radius 2 is 1.51 bits per heavy atom. The number of phenolic OH excluding ortho intramolecular Hbond substituents is 2. The van der Waals surface area contributed by atoms with Crippen molar-refractivity contribution in [2.75, 3.05) is 33.2 Å². The number of unbranched alkanes of at least 4 members (excludes halogenated alkanes) is 2. The second kappa shape index (κ2) is 14.3. The van der Waals surface area contributed by atoms with Crippen LogP contribution in [-0.2, 0) is 9.59 Å². The fraction of sp³-hybridized carbons (Fsp3) is 0.267. The molecule has 0 atom stereocenters. The number of hydrogen-bond acceptors (Lipinski definition) is 7. The smallest absolute Gasteiger partial charge is 0.251 e. The maximum Gasteiger partial charge on any atom is 0.251 e. The van der Waals surface area contributed by atoms with Crippen LogP contribution in [0.15, 0.2) is 60.7 Å². The molecule has 206 valence electrons.